The molecule has 12 heteroatoms. The van der Waals surface area contributed by atoms with Crippen molar-refractivity contribution in [2.24, 2.45) is 27.6 Å². The van der Waals surface area contributed by atoms with Crippen LogP contribution in [0.3, 0.4) is 0 Å². The average molecular weight is 668 g/mol. The van der Waals surface area contributed by atoms with Gasteiger partial charge in [0, 0.05) is 27.5 Å². The van der Waals surface area contributed by atoms with Crippen molar-refractivity contribution in [3.8, 4) is 11.3 Å². The largest absolute Gasteiger partial charge is 0.481 e. The van der Waals surface area contributed by atoms with Crippen molar-refractivity contribution >= 4 is 50.6 Å². The molecular formula is C32H39BrN6O5. The van der Waals surface area contributed by atoms with E-state index in [0.717, 1.165) is 32.2 Å². The molecule has 6 rings (SSSR count). The number of aliphatic carboxylic acids is 2. The highest BCUT2D eigenvalue weighted by atomic mass is 79.9. The molecule has 2 aromatic carbocycles. The van der Waals surface area contributed by atoms with E-state index in [4.69, 9.17) is 27.3 Å². The number of benzene rings is 2. The van der Waals surface area contributed by atoms with Crippen LogP contribution >= 0.6 is 15.9 Å². The SMILES string of the molecule is Cc1c(-c2ccccc2)nc2ccc(Br)cc2c1C(=O)NC12CCC(C(=O)O)(CC1)CC2.NC(N)=NCCCC(N)C(=O)O. The number of hydrogen-bond acceptors (Lipinski definition) is 6. The van der Waals surface area contributed by atoms with Gasteiger partial charge in [-0.05, 0) is 82.1 Å². The molecule has 0 radical (unpaired) electrons. The molecule has 11 nitrogen and oxygen atoms in total. The van der Waals surface area contributed by atoms with Gasteiger partial charge in [0.15, 0.2) is 5.96 Å². The summed E-state index contributed by atoms with van der Waals surface area (Å²) in [5, 5.41) is 22.2. The molecule has 9 N–H and O–H groups in total. The lowest BCUT2D eigenvalue weighted by Crippen LogP contribution is -2.58. The van der Waals surface area contributed by atoms with E-state index in [-0.39, 0.29) is 17.4 Å². The number of aliphatic imine (C=N–C) groups is 1. The topological polar surface area (TPSA) is 207 Å². The van der Waals surface area contributed by atoms with Gasteiger partial charge in [0.2, 0.25) is 0 Å². The number of halogens is 1. The van der Waals surface area contributed by atoms with Crippen molar-refractivity contribution in [3.63, 3.8) is 0 Å². The Hall–Kier alpha value is -4.03. The predicted octanol–water partition coefficient (Wildman–Crippen LogP) is 4.33. The molecule has 3 aliphatic carbocycles. The highest BCUT2D eigenvalue weighted by molar-refractivity contribution is 9.10. The number of pyridine rings is 1. The molecule has 0 aliphatic heterocycles. The van der Waals surface area contributed by atoms with Gasteiger partial charge in [-0.3, -0.25) is 19.4 Å². The van der Waals surface area contributed by atoms with E-state index < -0.39 is 23.4 Å². The van der Waals surface area contributed by atoms with Crippen molar-refractivity contribution in [1.29, 1.82) is 0 Å². The number of nitrogens with one attached hydrogen (secondary N) is 1. The Bertz CT molecular complexity index is 1550. The summed E-state index contributed by atoms with van der Waals surface area (Å²) >= 11 is 3.54. The minimum absolute atomic E-state index is 0.0129. The molecule has 0 saturated heterocycles. The van der Waals surface area contributed by atoms with Gasteiger partial charge in [-0.2, -0.15) is 0 Å². The summed E-state index contributed by atoms with van der Waals surface area (Å²) in [6, 6.07) is 14.9. The van der Waals surface area contributed by atoms with Crippen LogP contribution < -0.4 is 22.5 Å². The van der Waals surface area contributed by atoms with Gasteiger partial charge in [-0.1, -0.05) is 46.3 Å². The Morgan fingerprint density at radius 1 is 1.02 bits per heavy atom. The number of nitrogens with zero attached hydrogens (tertiary/aromatic N) is 2. The lowest BCUT2D eigenvalue weighted by atomic mass is 9.57. The minimum atomic E-state index is -1.00. The van der Waals surface area contributed by atoms with Gasteiger partial charge in [0.25, 0.3) is 5.91 Å². The fourth-order valence-corrected chi connectivity index (χ4v) is 6.50. The molecule has 3 aromatic rings. The number of nitrogens with two attached hydrogens (primary N) is 3. The molecular weight excluding hydrogens is 628 g/mol. The number of fused-ring (bicyclic) bond motifs is 4. The molecule has 3 aliphatic rings. The first-order valence-electron chi connectivity index (χ1n) is 14.6. The van der Waals surface area contributed by atoms with E-state index in [9.17, 15) is 19.5 Å². The van der Waals surface area contributed by atoms with Gasteiger partial charge in [-0.15, -0.1) is 0 Å². The lowest BCUT2D eigenvalue weighted by molar-refractivity contribution is -0.156. The molecule has 1 amide bonds. The van der Waals surface area contributed by atoms with E-state index in [1.807, 2.05) is 55.5 Å². The van der Waals surface area contributed by atoms with Crippen molar-refractivity contribution in [2.75, 3.05) is 6.54 Å². The number of hydrogen-bond donors (Lipinski definition) is 6. The number of guanidine groups is 1. The second-order valence-corrected chi connectivity index (χ2v) is 12.6. The van der Waals surface area contributed by atoms with E-state index >= 15 is 0 Å². The summed E-state index contributed by atoms with van der Waals surface area (Å²) in [5.41, 5.74) is 18.4. The highest BCUT2D eigenvalue weighted by Crippen LogP contribution is 2.52. The Labute approximate surface area is 264 Å². The van der Waals surface area contributed by atoms with Crippen LogP contribution in [-0.2, 0) is 9.59 Å². The standard InChI is InChI=1S/C26H25BrN2O3.C6H14N4O2/c1-16-21(23(30)29-26-12-9-25(10-13-26,11-14-26)24(31)32)19-15-18(27)7-8-20(19)28-22(16)17-5-3-2-4-6-17;7-4(5(11)12)2-1-3-10-6(8)9/h2-8,15H,9-14H2,1H3,(H,29,30)(H,31,32);4H,1-3,7H2,(H,11,12)(H4,8,9,10). The Morgan fingerprint density at radius 2 is 1.66 bits per heavy atom. The number of carboxylic acid groups (broad SMARTS) is 2. The third kappa shape index (κ3) is 7.36. The van der Waals surface area contributed by atoms with Gasteiger partial charge in [0.05, 0.1) is 22.2 Å². The summed E-state index contributed by atoms with van der Waals surface area (Å²) in [6.07, 6.45) is 4.96. The molecule has 2 bridgehead atoms. The van der Waals surface area contributed by atoms with Gasteiger partial charge in [0.1, 0.15) is 6.04 Å². The van der Waals surface area contributed by atoms with E-state index in [1.54, 1.807) is 0 Å². The summed E-state index contributed by atoms with van der Waals surface area (Å²) in [4.78, 5) is 44.3. The molecule has 44 heavy (non-hydrogen) atoms. The Balaban J connectivity index is 0.000000314. The number of amides is 1. The fourth-order valence-electron chi connectivity index (χ4n) is 6.14. The number of carboxylic acids is 2. The third-order valence-corrected chi connectivity index (χ3v) is 9.32. The monoisotopic (exact) mass is 666 g/mol. The van der Waals surface area contributed by atoms with Gasteiger partial charge in [-0.25, -0.2) is 4.98 Å². The minimum Gasteiger partial charge on any atom is -0.481 e. The lowest BCUT2D eigenvalue weighted by Gasteiger charge is -2.51. The predicted molar refractivity (Wildman–Crippen MR) is 173 cm³/mol. The van der Waals surface area contributed by atoms with Crippen LogP contribution in [0.25, 0.3) is 22.2 Å². The van der Waals surface area contributed by atoms with Crippen LogP contribution in [0.4, 0.5) is 0 Å². The maximum Gasteiger partial charge on any atom is 0.320 e. The van der Waals surface area contributed by atoms with Crippen LogP contribution in [0.15, 0.2) is 58.0 Å². The summed E-state index contributed by atoms with van der Waals surface area (Å²) < 4.78 is 0.896. The van der Waals surface area contributed by atoms with Crippen molar-refractivity contribution < 1.29 is 24.6 Å². The van der Waals surface area contributed by atoms with Crippen LogP contribution in [0.2, 0.25) is 0 Å². The zero-order valence-corrected chi connectivity index (χ0v) is 26.3. The number of carbonyl (C=O) groups is 3. The first-order chi connectivity index (χ1) is 20.9. The van der Waals surface area contributed by atoms with Crippen molar-refractivity contribution in [2.45, 2.75) is 69.9 Å². The Morgan fingerprint density at radius 3 is 2.23 bits per heavy atom. The van der Waals surface area contributed by atoms with Crippen LogP contribution in [0.5, 0.6) is 0 Å². The summed E-state index contributed by atoms with van der Waals surface area (Å²) in [7, 11) is 0. The van der Waals surface area contributed by atoms with Gasteiger partial charge >= 0.3 is 11.9 Å². The molecule has 3 fully saturated rings. The number of aromatic nitrogens is 1. The average Bonchev–Trinajstić information content (AvgIpc) is 3.00. The smallest absolute Gasteiger partial charge is 0.320 e. The van der Waals surface area contributed by atoms with E-state index in [2.05, 4.69) is 26.2 Å². The normalized spacial score (nSPS) is 21.1. The second kappa shape index (κ2) is 13.7. The molecule has 1 unspecified atom stereocenters. The molecule has 3 saturated carbocycles. The van der Waals surface area contributed by atoms with Crippen LogP contribution in [-0.4, -0.2) is 57.1 Å². The maximum absolute atomic E-state index is 13.8. The first kappa shape index (κ1) is 32.9. The van der Waals surface area contributed by atoms with Crippen molar-refractivity contribution in [1.82, 2.24) is 10.3 Å². The fraction of sp³-hybridized carbons (Fsp3) is 0.406. The van der Waals surface area contributed by atoms with E-state index in [1.165, 1.54) is 0 Å². The zero-order chi connectivity index (χ0) is 32.1. The first-order valence-corrected chi connectivity index (χ1v) is 15.4. The summed E-state index contributed by atoms with van der Waals surface area (Å²) in [5.74, 6) is -1.78. The molecule has 1 aromatic heterocycles. The maximum atomic E-state index is 13.8. The number of rotatable bonds is 9. The van der Waals surface area contributed by atoms with Gasteiger partial charge < -0.3 is 32.7 Å². The molecule has 0 spiro atoms. The third-order valence-electron chi connectivity index (χ3n) is 8.83. The highest BCUT2D eigenvalue weighted by Gasteiger charge is 2.53. The van der Waals surface area contributed by atoms with E-state index in [0.29, 0.717) is 63.5 Å². The molecule has 1 heterocycles. The Kier molecular flexibility index (Phi) is 10.3. The van der Waals surface area contributed by atoms with Crippen LogP contribution in [0, 0.1) is 12.3 Å². The summed E-state index contributed by atoms with van der Waals surface area (Å²) in [6.45, 7) is 2.38. The quantitative estimate of drug-likeness (QED) is 0.109. The zero-order valence-electron chi connectivity index (χ0n) is 24.7. The second-order valence-electron chi connectivity index (χ2n) is 11.7. The van der Waals surface area contributed by atoms with Crippen LogP contribution in [0.1, 0.15) is 67.3 Å². The van der Waals surface area contributed by atoms with Crippen molar-refractivity contribution in [3.05, 3.63) is 64.1 Å². The number of carbonyl (C=O) groups excluding carboxylic acids is 1. The molecule has 234 valence electrons. The molecule has 1 atom stereocenters.